The predicted molar refractivity (Wildman–Crippen MR) is 75.4 cm³/mol. The second kappa shape index (κ2) is 15.3. The van der Waals surface area contributed by atoms with Crippen LogP contribution < -0.4 is 17.2 Å². The zero-order chi connectivity index (χ0) is 12.8. The Kier molecular flexibility index (Phi) is 17.8. The second-order valence-electron chi connectivity index (χ2n) is 2.50. The van der Waals surface area contributed by atoms with Gasteiger partial charge >= 0.3 is 0 Å². The van der Waals surface area contributed by atoms with Crippen LogP contribution in [0.15, 0.2) is 0 Å². The number of rotatable bonds is 5. The maximum absolute atomic E-state index is 10.8. The number of carbonyl (C=O) groups excluding carboxylic acids is 2. The van der Waals surface area contributed by atoms with E-state index in [9.17, 15) is 9.59 Å². The van der Waals surface area contributed by atoms with Crippen LogP contribution in [0.5, 0.6) is 0 Å². The van der Waals surface area contributed by atoms with E-state index in [1.807, 2.05) is 0 Å². The number of hydrogen-bond acceptors (Lipinski definition) is 8. The van der Waals surface area contributed by atoms with Crippen molar-refractivity contribution in [3.8, 4) is 0 Å². The summed E-state index contributed by atoms with van der Waals surface area (Å²) in [5, 5.41) is -0.124. The molecule has 0 aromatic heterocycles. The highest BCUT2D eigenvalue weighted by Crippen LogP contribution is 2.24. The first-order valence-corrected chi connectivity index (χ1v) is 7.51. The molecule has 8 heteroatoms. The summed E-state index contributed by atoms with van der Waals surface area (Å²) >= 11 is 3.80. The molecule has 0 spiro atoms. The summed E-state index contributed by atoms with van der Waals surface area (Å²) in [6.45, 7) is 1.35. The van der Waals surface area contributed by atoms with Gasteiger partial charge in [0.15, 0.2) is 0 Å². The van der Waals surface area contributed by atoms with Crippen LogP contribution in [0.2, 0.25) is 0 Å². The highest BCUT2D eigenvalue weighted by Gasteiger charge is 2.06. The molecule has 0 radical (unpaired) electrons. The minimum absolute atomic E-state index is 0.0622. The number of nitrogens with two attached hydrogens (primary N) is 3. The van der Waals surface area contributed by atoms with E-state index in [4.69, 9.17) is 17.2 Å². The molecule has 6 N–H and O–H groups in total. The Morgan fingerprint density at radius 1 is 0.875 bits per heavy atom. The van der Waals surface area contributed by atoms with E-state index in [2.05, 4.69) is 12.6 Å². The van der Waals surface area contributed by atoms with E-state index < -0.39 is 0 Å². The quantitative estimate of drug-likeness (QED) is 0.415. The summed E-state index contributed by atoms with van der Waals surface area (Å²) < 4.78 is 0. The molecule has 0 fully saturated rings. The minimum Gasteiger partial charge on any atom is -0.330 e. The largest absolute Gasteiger partial charge is 0.330 e. The first-order chi connectivity index (χ1) is 7.62. The van der Waals surface area contributed by atoms with Gasteiger partial charge in [-0.1, -0.05) is 0 Å². The maximum Gasteiger partial charge on any atom is 0.201 e. The summed E-state index contributed by atoms with van der Waals surface area (Å²) in [4.78, 5) is 21.7. The van der Waals surface area contributed by atoms with Gasteiger partial charge in [-0.05, 0) is 21.6 Å². The van der Waals surface area contributed by atoms with Crippen LogP contribution >= 0.6 is 34.2 Å². The number of thiol groups is 1. The lowest BCUT2D eigenvalue weighted by Crippen LogP contribution is -2.06. The Bertz CT molecular complexity index is 173. The molecule has 0 aromatic rings. The third-order valence-corrected chi connectivity index (χ3v) is 3.54. The second-order valence-corrected chi connectivity index (χ2v) is 5.19. The van der Waals surface area contributed by atoms with E-state index in [1.165, 1.54) is 0 Å². The highest BCUT2D eigenvalue weighted by atomic mass is 33.1. The monoisotopic (exact) mass is 285 g/mol. The molecule has 96 valence electrons. The van der Waals surface area contributed by atoms with Crippen molar-refractivity contribution in [2.24, 2.45) is 17.2 Å². The van der Waals surface area contributed by atoms with Crippen molar-refractivity contribution in [2.45, 2.75) is 12.8 Å². The van der Waals surface area contributed by atoms with E-state index >= 15 is 0 Å². The number of hydrogen-bond donors (Lipinski definition) is 4. The van der Waals surface area contributed by atoms with Gasteiger partial charge in [0.05, 0.1) is 0 Å². The lowest BCUT2D eigenvalue weighted by atomic mass is 10.5. The standard InChI is InChI=1S/C6H12N2O2S2.C2H7NS/c7-3-1-5(9)11-12-6(10)2-4-8;3-1-2-4/h1-4,7-8H2;4H,1-3H2. The molecule has 0 rings (SSSR count). The Labute approximate surface area is 109 Å². The van der Waals surface area contributed by atoms with E-state index in [0.717, 1.165) is 27.3 Å². The zero-order valence-electron chi connectivity index (χ0n) is 9.05. The highest BCUT2D eigenvalue weighted by molar-refractivity contribution is 8.87. The van der Waals surface area contributed by atoms with Crippen molar-refractivity contribution in [3.05, 3.63) is 0 Å². The Hall–Kier alpha value is 0.270. The molecule has 16 heavy (non-hydrogen) atoms. The fraction of sp³-hybridized carbons (Fsp3) is 0.750. The molecule has 0 saturated carbocycles. The van der Waals surface area contributed by atoms with Gasteiger partial charge < -0.3 is 17.2 Å². The Morgan fingerprint density at radius 3 is 1.38 bits per heavy atom. The van der Waals surface area contributed by atoms with Crippen molar-refractivity contribution in [1.82, 2.24) is 0 Å². The fourth-order valence-electron chi connectivity index (χ4n) is 0.412. The van der Waals surface area contributed by atoms with Crippen molar-refractivity contribution in [2.75, 3.05) is 25.4 Å². The van der Waals surface area contributed by atoms with Crippen LogP contribution in [-0.2, 0) is 9.59 Å². The molecule has 0 atom stereocenters. The molecule has 0 aliphatic heterocycles. The molecular formula is C8H19N3O2S3. The SMILES string of the molecule is NCCC(=O)SSC(=O)CCN.NCCS. The average molecular weight is 285 g/mol. The topological polar surface area (TPSA) is 112 Å². The summed E-state index contributed by atoms with van der Waals surface area (Å²) in [6.07, 6.45) is 0.626. The van der Waals surface area contributed by atoms with Gasteiger partial charge in [0.25, 0.3) is 0 Å². The normalized spacial score (nSPS) is 9.25. The average Bonchev–Trinajstić information content (AvgIpc) is 2.28. The van der Waals surface area contributed by atoms with Crippen LogP contribution in [0.4, 0.5) is 0 Å². The van der Waals surface area contributed by atoms with Crippen molar-refractivity contribution in [1.29, 1.82) is 0 Å². The van der Waals surface area contributed by atoms with Gasteiger partial charge in [-0.25, -0.2) is 0 Å². The Balaban J connectivity index is 0. The van der Waals surface area contributed by atoms with Gasteiger partial charge in [0, 0.05) is 38.2 Å². The van der Waals surface area contributed by atoms with Crippen molar-refractivity contribution < 1.29 is 9.59 Å². The summed E-state index contributed by atoms with van der Waals surface area (Å²) in [6, 6.07) is 0. The third-order valence-electron chi connectivity index (χ3n) is 1.05. The summed E-state index contributed by atoms with van der Waals surface area (Å²) in [5.41, 5.74) is 15.2. The van der Waals surface area contributed by atoms with Gasteiger partial charge in [-0.15, -0.1) is 0 Å². The van der Waals surface area contributed by atoms with Crippen LogP contribution in [0.3, 0.4) is 0 Å². The fourth-order valence-corrected chi connectivity index (χ4v) is 2.06. The minimum atomic E-state index is -0.0622. The van der Waals surface area contributed by atoms with E-state index in [-0.39, 0.29) is 10.2 Å². The molecule has 0 heterocycles. The van der Waals surface area contributed by atoms with Gasteiger partial charge in [0.2, 0.25) is 10.2 Å². The van der Waals surface area contributed by atoms with Gasteiger partial charge in [-0.3, -0.25) is 9.59 Å². The Morgan fingerprint density at radius 2 is 1.19 bits per heavy atom. The predicted octanol–water partition coefficient (Wildman–Crippen LogP) is -0.00650. The summed E-state index contributed by atoms with van der Waals surface area (Å²) in [5.74, 6) is 0.792. The first-order valence-electron chi connectivity index (χ1n) is 4.73. The van der Waals surface area contributed by atoms with Crippen molar-refractivity contribution >= 4 is 44.4 Å². The van der Waals surface area contributed by atoms with Crippen LogP contribution in [-0.4, -0.2) is 35.6 Å². The van der Waals surface area contributed by atoms with Crippen LogP contribution in [0.1, 0.15) is 12.8 Å². The number of carbonyl (C=O) groups is 2. The molecule has 0 amide bonds. The molecule has 5 nitrogen and oxygen atoms in total. The third kappa shape index (κ3) is 16.7. The lowest BCUT2D eigenvalue weighted by Gasteiger charge is -1.96. The first kappa shape index (κ1) is 18.6. The molecule has 0 unspecified atom stereocenters. The maximum atomic E-state index is 10.8. The van der Waals surface area contributed by atoms with E-state index in [0.29, 0.717) is 32.5 Å². The van der Waals surface area contributed by atoms with Crippen molar-refractivity contribution in [3.63, 3.8) is 0 Å². The molecule has 0 aromatic carbocycles. The van der Waals surface area contributed by atoms with Crippen LogP contribution in [0, 0.1) is 0 Å². The molecule has 0 aliphatic carbocycles. The smallest absolute Gasteiger partial charge is 0.201 e. The lowest BCUT2D eigenvalue weighted by molar-refractivity contribution is -0.111. The van der Waals surface area contributed by atoms with Gasteiger partial charge in [-0.2, -0.15) is 12.6 Å². The zero-order valence-corrected chi connectivity index (χ0v) is 11.6. The molecule has 0 saturated heterocycles. The van der Waals surface area contributed by atoms with E-state index in [1.54, 1.807) is 0 Å². The molecule has 0 aliphatic rings. The summed E-state index contributed by atoms with van der Waals surface area (Å²) in [7, 11) is 1.88. The molecule has 0 bridgehead atoms. The van der Waals surface area contributed by atoms with Crippen LogP contribution in [0.25, 0.3) is 0 Å². The molecular weight excluding hydrogens is 266 g/mol. The van der Waals surface area contributed by atoms with Gasteiger partial charge in [0.1, 0.15) is 0 Å².